The molecule has 0 fully saturated rings. The maximum atomic E-state index is 5.98. The normalized spacial score (nSPS) is 12.7. The van der Waals surface area contributed by atoms with Gasteiger partial charge in [0, 0.05) is 31.2 Å². The van der Waals surface area contributed by atoms with Crippen molar-refractivity contribution in [2.75, 3.05) is 26.7 Å². The molecular weight excluding hydrogens is 411 g/mol. The molecule has 0 aliphatic rings. The third-order valence-corrected chi connectivity index (χ3v) is 3.81. The van der Waals surface area contributed by atoms with Gasteiger partial charge in [-0.05, 0) is 37.7 Å². The van der Waals surface area contributed by atoms with E-state index in [0.717, 1.165) is 36.2 Å². The van der Waals surface area contributed by atoms with Gasteiger partial charge in [0.05, 0.1) is 0 Å². The average Bonchev–Trinajstić information content (AvgIpc) is 2.48. The van der Waals surface area contributed by atoms with Crippen molar-refractivity contribution in [2.45, 2.75) is 33.4 Å². The van der Waals surface area contributed by atoms with Gasteiger partial charge >= 0.3 is 0 Å². The summed E-state index contributed by atoms with van der Waals surface area (Å²) in [4.78, 5) is 6.67. The van der Waals surface area contributed by atoms with Crippen LogP contribution < -0.4 is 10.6 Å². The van der Waals surface area contributed by atoms with Gasteiger partial charge in [0.25, 0.3) is 0 Å². The predicted octanol–water partition coefficient (Wildman–Crippen LogP) is 3.35. The minimum Gasteiger partial charge on any atom is -0.355 e. The second kappa shape index (κ2) is 12.0. The molecule has 1 rings (SSSR count). The van der Waals surface area contributed by atoms with Crippen molar-refractivity contribution >= 4 is 41.5 Å². The van der Waals surface area contributed by atoms with Crippen LogP contribution in [0.5, 0.6) is 0 Å². The average molecular weight is 439 g/mol. The number of aliphatic imine (C=N–C) groups is 1. The highest BCUT2D eigenvalue weighted by Gasteiger charge is 2.10. The molecule has 126 valence electrons. The number of likely N-dealkylation sites (N-methyl/N-ethyl adjacent to an activating group) is 1. The van der Waals surface area contributed by atoms with Crippen LogP contribution in [0.2, 0.25) is 5.02 Å². The fourth-order valence-corrected chi connectivity index (χ4v) is 2.49. The molecule has 22 heavy (non-hydrogen) atoms. The monoisotopic (exact) mass is 438 g/mol. The summed E-state index contributed by atoms with van der Waals surface area (Å²) in [5.74, 6) is 0.814. The Labute approximate surface area is 156 Å². The lowest BCUT2D eigenvalue weighted by Gasteiger charge is -2.27. The van der Waals surface area contributed by atoms with Crippen LogP contribution in [0.25, 0.3) is 0 Å². The topological polar surface area (TPSA) is 39.7 Å². The lowest BCUT2D eigenvalue weighted by atomic mass is 10.2. The molecule has 0 saturated carbocycles. The van der Waals surface area contributed by atoms with Gasteiger partial charge in [-0.25, -0.2) is 0 Å². The summed E-state index contributed by atoms with van der Waals surface area (Å²) >= 11 is 5.98. The Balaban J connectivity index is 0.00000441. The largest absolute Gasteiger partial charge is 0.355 e. The highest BCUT2D eigenvalue weighted by atomic mass is 127. The van der Waals surface area contributed by atoms with E-state index in [1.807, 2.05) is 24.3 Å². The molecule has 0 amide bonds. The highest BCUT2D eigenvalue weighted by molar-refractivity contribution is 14.0. The SMILES string of the molecule is CCN(CC)C(C)CNC(=NC)NCc1cccc(Cl)c1.I. The lowest BCUT2D eigenvalue weighted by molar-refractivity contribution is 0.231. The fourth-order valence-electron chi connectivity index (χ4n) is 2.27. The van der Waals surface area contributed by atoms with Crippen molar-refractivity contribution in [1.82, 2.24) is 15.5 Å². The molecule has 2 N–H and O–H groups in total. The van der Waals surface area contributed by atoms with Crippen LogP contribution in [0.15, 0.2) is 29.3 Å². The van der Waals surface area contributed by atoms with Crippen LogP contribution in [0.4, 0.5) is 0 Å². The molecule has 0 saturated heterocycles. The van der Waals surface area contributed by atoms with E-state index < -0.39 is 0 Å². The highest BCUT2D eigenvalue weighted by Crippen LogP contribution is 2.10. The smallest absolute Gasteiger partial charge is 0.191 e. The van der Waals surface area contributed by atoms with Gasteiger partial charge in [0.15, 0.2) is 5.96 Å². The van der Waals surface area contributed by atoms with E-state index in [1.165, 1.54) is 0 Å². The van der Waals surface area contributed by atoms with Crippen LogP contribution in [-0.2, 0) is 6.54 Å². The first-order valence-corrected chi connectivity index (χ1v) is 7.91. The summed E-state index contributed by atoms with van der Waals surface area (Å²) in [5, 5.41) is 7.43. The third kappa shape index (κ3) is 7.65. The Hall–Kier alpha value is -0.530. The van der Waals surface area contributed by atoms with E-state index in [9.17, 15) is 0 Å². The Kier molecular flexibility index (Phi) is 11.7. The first kappa shape index (κ1) is 21.5. The molecule has 1 aromatic carbocycles. The number of rotatable bonds is 7. The second-order valence-electron chi connectivity index (χ2n) is 5.01. The number of hydrogen-bond donors (Lipinski definition) is 2. The van der Waals surface area contributed by atoms with Gasteiger partial charge in [-0.15, -0.1) is 24.0 Å². The number of hydrogen-bond acceptors (Lipinski definition) is 2. The zero-order valence-electron chi connectivity index (χ0n) is 13.9. The lowest BCUT2D eigenvalue weighted by Crippen LogP contribution is -2.45. The minimum atomic E-state index is 0. The molecule has 0 aliphatic carbocycles. The van der Waals surface area contributed by atoms with Crippen molar-refractivity contribution in [1.29, 1.82) is 0 Å². The first-order valence-electron chi connectivity index (χ1n) is 7.53. The summed E-state index contributed by atoms with van der Waals surface area (Å²) in [7, 11) is 1.79. The Morgan fingerprint density at radius 1 is 1.27 bits per heavy atom. The van der Waals surface area contributed by atoms with Crippen molar-refractivity contribution in [3.8, 4) is 0 Å². The Morgan fingerprint density at radius 2 is 1.95 bits per heavy atom. The van der Waals surface area contributed by atoms with E-state index in [0.29, 0.717) is 12.6 Å². The summed E-state index contributed by atoms with van der Waals surface area (Å²) < 4.78 is 0. The molecule has 1 unspecified atom stereocenters. The number of benzene rings is 1. The van der Waals surface area contributed by atoms with Gasteiger partial charge in [-0.2, -0.15) is 0 Å². The van der Waals surface area contributed by atoms with Crippen LogP contribution in [0.1, 0.15) is 26.3 Å². The van der Waals surface area contributed by atoms with E-state index in [1.54, 1.807) is 7.05 Å². The van der Waals surface area contributed by atoms with Gasteiger partial charge in [0.1, 0.15) is 0 Å². The summed E-state index contributed by atoms with van der Waals surface area (Å²) in [6.45, 7) is 10.3. The van der Waals surface area contributed by atoms with Gasteiger partial charge < -0.3 is 10.6 Å². The Morgan fingerprint density at radius 3 is 2.50 bits per heavy atom. The standard InChI is InChI=1S/C16H27ClN4.HI/c1-5-21(6-2)13(3)11-19-16(18-4)20-12-14-8-7-9-15(17)10-14;/h7-10,13H,5-6,11-12H2,1-4H3,(H2,18,19,20);1H. The van der Waals surface area contributed by atoms with E-state index in [2.05, 4.69) is 41.3 Å². The molecule has 0 aliphatic heterocycles. The molecule has 1 aromatic rings. The maximum Gasteiger partial charge on any atom is 0.191 e. The molecule has 0 heterocycles. The van der Waals surface area contributed by atoms with Crippen molar-refractivity contribution < 1.29 is 0 Å². The summed E-state index contributed by atoms with van der Waals surface area (Å²) in [6.07, 6.45) is 0. The van der Waals surface area contributed by atoms with E-state index >= 15 is 0 Å². The molecule has 4 nitrogen and oxygen atoms in total. The molecule has 0 radical (unpaired) electrons. The molecule has 0 spiro atoms. The molecule has 0 bridgehead atoms. The van der Waals surface area contributed by atoms with Crippen molar-refractivity contribution in [2.24, 2.45) is 4.99 Å². The fraction of sp³-hybridized carbons (Fsp3) is 0.562. The zero-order chi connectivity index (χ0) is 15.7. The van der Waals surface area contributed by atoms with Gasteiger partial charge in [-0.1, -0.05) is 37.6 Å². The first-order chi connectivity index (χ1) is 10.1. The van der Waals surface area contributed by atoms with Crippen molar-refractivity contribution in [3.05, 3.63) is 34.9 Å². The number of nitrogens with one attached hydrogen (secondary N) is 2. The van der Waals surface area contributed by atoms with Gasteiger partial charge in [0.2, 0.25) is 0 Å². The number of guanidine groups is 1. The van der Waals surface area contributed by atoms with Gasteiger partial charge in [-0.3, -0.25) is 9.89 Å². The number of nitrogens with zero attached hydrogens (tertiary/aromatic N) is 2. The zero-order valence-corrected chi connectivity index (χ0v) is 17.0. The summed E-state index contributed by atoms with van der Waals surface area (Å²) in [5.41, 5.74) is 1.14. The molecule has 1 atom stereocenters. The molecule has 0 aromatic heterocycles. The molecule has 6 heteroatoms. The van der Waals surface area contributed by atoms with E-state index in [4.69, 9.17) is 11.6 Å². The van der Waals surface area contributed by atoms with Crippen LogP contribution in [0.3, 0.4) is 0 Å². The van der Waals surface area contributed by atoms with Crippen LogP contribution >= 0.6 is 35.6 Å². The molecular formula is C16H28ClIN4. The second-order valence-corrected chi connectivity index (χ2v) is 5.44. The minimum absolute atomic E-state index is 0. The van der Waals surface area contributed by atoms with Crippen LogP contribution in [-0.4, -0.2) is 43.6 Å². The Bertz CT molecular complexity index is 450. The maximum absolute atomic E-state index is 5.98. The predicted molar refractivity (Wildman–Crippen MR) is 107 cm³/mol. The van der Waals surface area contributed by atoms with Crippen LogP contribution in [0, 0.1) is 0 Å². The third-order valence-electron chi connectivity index (χ3n) is 3.57. The number of halogens is 2. The van der Waals surface area contributed by atoms with Crippen molar-refractivity contribution in [3.63, 3.8) is 0 Å². The quantitative estimate of drug-likeness (QED) is 0.390. The summed E-state index contributed by atoms with van der Waals surface area (Å²) in [6, 6.07) is 8.32. The van der Waals surface area contributed by atoms with E-state index in [-0.39, 0.29) is 24.0 Å².